The van der Waals surface area contributed by atoms with Gasteiger partial charge in [-0.2, -0.15) is 5.10 Å². The molecule has 1 saturated heterocycles. The summed E-state index contributed by atoms with van der Waals surface area (Å²) >= 11 is 0. The molecule has 1 aromatic heterocycles. The minimum Gasteiger partial charge on any atom is -0.343 e. The molecule has 20 heavy (non-hydrogen) atoms. The Morgan fingerprint density at radius 2 is 2.35 bits per heavy atom. The summed E-state index contributed by atoms with van der Waals surface area (Å²) in [6, 6.07) is 0.486. The lowest BCUT2D eigenvalue weighted by atomic mass is 9.93. The van der Waals surface area contributed by atoms with E-state index in [-0.39, 0.29) is 5.91 Å². The summed E-state index contributed by atoms with van der Waals surface area (Å²) in [4.78, 5) is 13.3. The number of nitrogens with zero attached hydrogens (tertiary/aromatic N) is 3. The Morgan fingerprint density at radius 3 is 3.00 bits per heavy atom. The average Bonchev–Trinajstić information content (AvgIpc) is 2.85. The SMILES string of the molecule is CCCn1cc(CN[C@H]2CCN(C(C)=O)C[C@@H]2C)cn1. The van der Waals surface area contributed by atoms with Crippen molar-refractivity contribution in [1.29, 1.82) is 0 Å². The molecule has 2 heterocycles. The van der Waals surface area contributed by atoms with Gasteiger partial charge in [-0.1, -0.05) is 13.8 Å². The van der Waals surface area contributed by atoms with Crippen LogP contribution in [0.25, 0.3) is 0 Å². The van der Waals surface area contributed by atoms with Crippen molar-refractivity contribution in [3.63, 3.8) is 0 Å². The summed E-state index contributed by atoms with van der Waals surface area (Å²) in [5.41, 5.74) is 1.24. The van der Waals surface area contributed by atoms with Crippen molar-refractivity contribution >= 4 is 5.91 Å². The lowest BCUT2D eigenvalue weighted by molar-refractivity contribution is -0.130. The van der Waals surface area contributed by atoms with Gasteiger partial charge in [0.1, 0.15) is 0 Å². The zero-order valence-electron chi connectivity index (χ0n) is 12.8. The van der Waals surface area contributed by atoms with Crippen LogP contribution in [0.1, 0.15) is 39.2 Å². The van der Waals surface area contributed by atoms with Crippen LogP contribution in [0.4, 0.5) is 0 Å². The average molecular weight is 278 g/mol. The molecule has 0 spiro atoms. The van der Waals surface area contributed by atoms with Crippen molar-refractivity contribution in [3.8, 4) is 0 Å². The number of hydrogen-bond donors (Lipinski definition) is 1. The van der Waals surface area contributed by atoms with Gasteiger partial charge in [0.15, 0.2) is 0 Å². The largest absolute Gasteiger partial charge is 0.343 e. The van der Waals surface area contributed by atoms with Gasteiger partial charge in [-0.25, -0.2) is 0 Å². The van der Waals surface area contributed by atoms with Crippen molar-refractivity contribution in [2.24, 2.45) is 5.92 Å². The van der Waals surface area contributed by atoms with Gasteiger partial charge in [-0.15, -0.1) is 0 Å². The van der Waals surface area contributed by atoms with Crippen molar-refractivity contribution in [2.75, 3.05) is 13.1 Å². The minimum atomic E-state index is 0.191. The molecule has 1 fully saturated rings. The quantitative estimate of drug-likeness (QED) is 0.891. The first kappa shape index (κ1) is 15.0. The fraction of sp³-hybridized carbons (Fsp3) is 0.733. The Bertz CT molecular complexity index is 443. The van der Waals surface area contributed by atoms with E-state index in [2.05, 4.69) is 30.5 Å². The van der Waals surface area contributed by atoms with Gasteiger partial charge in [0.05, 0.1) is 6.20 Å². The molecule has 0 aliphatic carbocycles. The van der Waals surface area contributed by atoms with Gasteiger partial charge in [0.2, 0.25) is 5.91 Å². The Hall–Kier alpha value is -1.36. The van der Waals surface area contributed by atoms with Crippen LogP contribution in [0.3, 0.4) is 0 Å². The number of likely N-dealkylation sites (tertiary alicyclic amines) is 1. The van der Waals surface area contributed by atoms with Gasteiger partial charge in [0.25, 0.3) is 0 Å². The number of amides is 1. The maximum atomic E-state index is 11.4. The fourth-order valence-electron chi connectivity index (χ4n) is 2.83. The first-order valence-electron chi connectivity index (χ1n) is 7.60. The van der Waals surface area contributed by atoms with Crippen LogP contribution < -0.4 is 5.32 Å². The molecule has 1 N–H and O–H groups in total. The number of rotatable bonds is 5. The molecule has 2 atom stereocenters. The van der Waals surface area contributed by atoms with Crippen molar-refractivity contribution < 1.29 is 4.79 Å². The molecule has 1 aliphatic heterocycles. The second-order valence-electron chi connectivity index (χ2n) is 5.83. The third kappa shape index (κ3) is 3.82. The summed E-state index contributed by atoms with van der Waals surface area (Å²) in [7, 11) is 0. The van der Waals surface area contributed by atoms with Crippen LogP contribution in [-0.4, -0.2) is 39.7 Å². The molecule has 0 saturated carbocycles. The topological polar surface area (TPSA) is 50.2 Å². The molecule has 5 heteroatoms. The van der Waals surface area contributed by atoms with E-state index >= 15 is 0 Å². The zero-order valence-corrected chi connectivity index (χ0v) is 12.8. The first-order chi connectivity index (χ1) is 9.60. The number of aryl methyl sites for hydroxylation is 1. The Morgan fingerprint density at radius 1 is 1.55 bits per heavy atom. The molecule has 1 aromatic rings. The summed E-state index contributed by atoms with van der Waals surface area (Å²) < 4.78 is 2.00. The van der Waals surface area contributed by atoms with Crippen molar-refractivity contribution in [2.45, 2.75) is 52.7 Å². The lowest BCUT2D eigenvalue weighted by Gasteiger charge is -2.37. The van der Waals surface area contributed by atoms with Crippen LogP contribution in [0.2, 0.25) is 0 Å². The summed E-state index contributed by atoms with van der Waals surface area (Å²) in [5, 5.41) is 7.96. The van der Waals surface area contributed by atoms with Gasteiger partial charge in [0, 0.05) is 50.9 Å². The predicted molar refractivity (Wildman–Crippen MR) is 79.2 cm³/mol. The number of nitrogens with one attached hydrogen (secondary N) is 1. The Labute approximate surface area is 121 Å². The Kier molecular flexibility index (Phi) is 5.17. The molecule has 0 bridgehead atoms. The number of carbonyl (C=O) groups excluding carboxylic acids is 1. The van der Waals surface area contributed by atoms with Gasteiger partial charge in [-0.3, -0.25) is 9.48 Å². The summed E-state index contributed by atoms with van der Waals surface area (Å²) in [6.45, 7) is 9.60. The molecule has 1 amide bonds. The standard InChI is InChI=1S/C15H26N4O/c1-4-6-19-11-14(9-17-19)8-16-15-5-7-18(13(3)20)10-12(15)2/h9,11-12,15-16H,4-8,10H2,1-3H3/t12-,15-/m0/s1. The van der Waals surface area contributed by atoms with Crippen LogP contribution in [0.5, 0.6) is 0 Å². The molecule has 5 nitrogen and oxygen atoms in total. The van der Waals surface area contributed by atoms with E-state index in [0.29, 0.717) is 12.0 Å². The number of carbonyl (C=O) groups is 1. The minimum absolute atomic E-state index is 0.191. The highest BCUT2D eigenvalue weighted by molar-refractivity contribution is 5.73. The second kappa shape index (κ2) is 6.88. The fourth-order valence-corrected chi connectivity index (χ4v) is 2.83. The van der Waals surface area contributed by atoms with Gasteiger partial charge in [-0.05, 0) is 18.8 Å². The van der Waals surface area contributed by atoms with E-state index in [1.807, 2.05) is 15.8 Å². The second-order valence-corrected chi connectivity index (χ2v) is 5.83. The van der Waals surface area contributed by atoms with Crippen LogP contribution >= 0.6 is 0 Å². The van der Waals surface area contributed by atoms with E-state index < -0.39 is 0 Å². The van der Waals surface area contributed by atoms with Crippen molar-refractivity contribution in [3.05, 3.63) is 18.0 Å². The highest BCUT2D eigenvalue weighted by Gasteiger charge is 2.26. The van der Waals surface area contributed by atoms with E-state index in [4.69, 9.17) is 0 Å². The molecule has 112 valence electrons. The van der Waals surface area contributed by atoms with Crippen LogP contribution in [0.15, 0.2) is 12.4 Å². The number of hydrogen-bond acceptors (Lipinski definition) is 3. The molecular weight excluding hydrogens is 252 g/mol. The van der Waals surface area contributed by atoms with Crippen molar-refractivity contribution in [1.82, 2.24) is 20.0 Å². The third-order valence-corrected chi connectivity index (χ3v) is 4.06. The van der Waals surface area contributed by atoms with E-state index in [1.165, 1.54) is 5.56 Å². The third-order valence-electron chi connectivity index (χ3n) is 4.06. The van der Waals surface area contributed by atoms with E-state index in [0.717, 1.165) is 39.0 Å². The molecular formula is C15H26N4O. The molecule has 0 unspecified atom stereocenters. The highest BCUT2D eigenvalue weighted by Crippen LogP contribution is 2.17. The highest BCUT2D eigenvalue weighted by atomic mass is 16.2. The van der Waals surface area contributed by atoms with Crippen LogP contribution in [0, 0.1) is 5.92 Å². The maximum Gasteiger partial charge on any atom is 0.219 e. The van der Waals surface area contributed by atoms with E-state index in [1.54, 1.807) is 6.92 Å². The predicted octanol–water partition coefficient (Wildman–Crippen LogP) is 1.64. The first-order valence-corrected chi connectivity index (χ1v) is 7.60. The number of piperidine rings is 1. The number of aromatic nitrogens is 2. The summed E-state index contributed by atoms with van der Waals surface area (Å²) in [6.07, 6.45) is 6.20. The Balaban J connectivity index is 1.80. The monoisotopic (exact) mass is 278 g/mol. The van der Waals surface area contributed by atoms with Gasteiger partial charge < -0.3 is 10.2 Å². The normalized spacial score (nSPS) is 23.1. The zero-order chi connectivity index (χ0) is 14.5. The maximum absolute atomic E-state index is 11.4. The lowest BCUT2D eigenvalue weighted by Crippen LogP contribution is -2.49. The molecule has 0 aromatic carbocycles. The molecule has 0 radical (unpaired) electrons. The van der Waals surface area contributed by atoms with E-state index in [9.17, 15) is 4.79 Å². The smallest absolute Gasteiger partial charge is 0.219 e. The summed E-state index contributed by atoms with van der Waals surface area (Å²) in [5.74, 6) is 0.689. The molecule has 1 aliphatic rings. The molecule has 2 rings (SSSR count). The van der Waals surface area contributed by atoms with Gasteiger partial charge >= 0.3 is 0 Å². The van der Waals surface area contributed by atoms with Crippen LogP contribution in [-0.2, 0) is 17.9 Å².